The normalized spacial score (nSPS) is 11.8. The van der Waals surface area contributed by atoms with Crippen molar-refractivity contribution in [2.75, 3.05) is 5.73 Å². The highest BCUT2D eigenvalue weighted by molar-refractivity contribution is 5.69. The van der Waals surface area contributed by atoms with Gasteiger partial charge in [0.15, 0.2) is 0 Å². The molecule has 0 spiro atoms. The summed E-state index contributed by atoms with van der Waals surface area (Å²) in [5.74, 6) is 0.310. The van der Waals surface area contributed by atoms with E-state index >= 15 is 0 Å². The van der Waals surface area contributed by atoms with E-state index in [9.17, 15) is 13.2 Å². The van der Waals surface area contributed by atoms with Crippen LogP contribution in [-0.2, 0) is 13.2 Å². The van der Waals surface area contributed by atoms with E-state index in [1.165, 1.54) is 16.8 Å². The van der Waals surface area contributed by atoms with E-state index in [0.717, 1.165) is 12.1 Å². The summed E-state index contributed by atoms with van der Waals surface area (Å²) < 4.78 is 38.4. The summed E-state index contributed by atoms with van der Waals surface area (Å²) in [5.41, 5.74) is 5.85. The van der Waals surface area contributed by atoms with Crippen molar-refractivity contribution in [2.45, 2.75) is 6.18 Å². The van der Waals surface area contributed by atoms with Gasteiger partial charge in [0.05, 0.1) is 5.56 Å². The van der Waals surface area contributed by atoms with Crippen molar-refractivity contribution < 1.29 is 13.2 Å². The number of rotatable bonds is 1. The van der Waals surface area contributed by atoms with Crippen molar-refractivity contribution in [3.05, 3.63) is 29.8 Å². The predicted octanol–water partition coefficient (Wildman–Crippen LogP) is 2.08. The van der Waals surface area contributed by atoms with Crippen LogP contribution in [0, 0.1) is 0 Å². The largest absolute Gasteiger partial charge is 0.416 e. The Balaban J connectivity index is 2.40. The summed E-state index contributed by atoms with van der Waals surface area (Å²) in [6.07, 6.45) is -4.34. The molecule has 2 rings (SSSR count). The minimum atomic E-state index is -4.34. The minimum Gasteiger partial charge on any atom is -0.382 e. The van der Waals surface area contributed by atoms with Gasteiger partial charge in [-0.05, 0) is 12.1 Å². The van der Waals surface area contributed by atoms with E-state index in [0.29, 0.717) is 17.1 Å². The second-order valence-corrected chi connectivity index (χ2v) is 3.52. The molecule has 0 fully saturated rings. The first kappa shape index (κ1) is 11.4. The molecule has 2 N–H and O–H groups in total. The lowest BCUT2D eigenvalue weighted by atomic mass is 10.1. The standard InChI is InChI=1S/C10H9F3N4/c1-17-9(14)8(15-16-17)6-2-4-7(5-3-6)10(11,12)13/h2-5H,14H2,1H3. The fourth-order valence-electron chi connectivity index (χ4n) is 1.39. The second-order valence-electron chi connectivity index (χ2n) is 3.52. The van der Waals surface area contributed by atoms with Crippen LogP contribution in [0.25, 0.3) is 11.3 Å². The number of halogens is 3. The molecule has 0 bridgehead atoms. The molecular weight excluding hydrogens is 233 g/mol. The first-order valence-electron chi connectivity index (χ1n) is 4.72. The van der Waals surface area contributed by atoms with Crippen LogP contribution in [-0.4, -0.2) is 15.0 Å². The fourth-order valence-corrected chi connectivity index (χ4v) is 1.39. The summed E-state index contributed by atoms with van der Waals surface area (Å²) in [5, 5.41) is 7.47. The smallest absolute Gasteiger partial charge is 0.382 e. The van der Waals surface area contributed by atoms with E-state index < -0.39 is 11.7 Å². The molecule has 0 saturated heterocycles. The second kappa shape index (κ2) is 3.76. The molecule has 2 aromatic rings. The van der Waals surface area contributed by atoms with Crippen LogP contribution in [0.2, 0.25) is 0 Å². The van der Waals surface area contributed by atoms with Gasteiger partial charge in [-0.15, -0.1) is 5.10 Å². The molecule has 1 aromatic heterocycles. The molecular formula is C10H9F3N4. The van der Waals surface area contributed by atoms with Crippen LogP contribution in [0.3, 0.4) is 0 Å². The summed E-state index contributed by atoms with van der Waals surface area (Å²) in [6, 6.07) is 4.62. The van der Waals surface area contributed by atoms with Gasteiger partial charge in [0.25, 0.3) is 0 Å². The van der Waals surface area contributed by atoms with Crippen molar-refractivity contribution in [1.29, 1.82) is 0 Å². The number of anilines is 1. The molecule has 0 atom stereocenters. The summed E-state index contributed by atoms with van der Waals surface area (Å²) in [4.78, 5) is 0. The van der Waals surface area contributed by atoms with Gasteiger partial charge in [0.1, 0.15) is 11.5 Å². The topological polar surface area (TPSA) is 56.7 Å². The monoisotopic (exact) mass is 242 g/mol. The first-order chi connectivity index (χ1) is 7.89. The Bertz CT molecular complexity index is 527. The quantitative estimate of drug-likeness (QED) is 0.832. The minimum absolute atomic E-state index is 0.310. The summed E-state index contributed by atoms with van der Waals surface area (Å²) in [6.45, 7) is 0. The predicted molar refractivity (Wildman–Crippen MR) is 55.9 cm³/mol. The van der Waals surface area contributed by atoms with Crippen molar-refractivity contribution in [3.8, 4) is 11.3 Å². The highest BCUT2D eigenvalue weighted by Gasteiger charge is 2.30. The highest BCUT2D eigenvalue weighted by Crippen LogP contribution is 2.31. The lowest BCUT2D eigenvalue weighted by Gasteiger charge is -2.06. The third-order valence-electron chi connectivity index (χ3n) is 2.36. The summed E-state index contributed by atoms with van der Waals surface area (Å²) in [7, 11) is 1.61. The zero-order chi connectivity index (χ0) is 12.6. The Hall–Kier alpha value is -2.05. The zero-order valence-corrected chi connectivity index (χ0v) is 8.86. The van der Waals surface area contributed by atoms with Gasteiger partial charge in [-0.1, -0.05) is 17.3 Å². The molecule has 90 valence electrons. The zero-order valence-electron chi connectivity index (χ0n) is 8.86. The lowest BCUT2D eigenvalue weighted by molar-refractivity contribution is -0.137. The van der Waals surface area contributed by atoms with Crippen LogP contribution in [0.1, 0.15) is 5.56 Å². The molecule has 0 amide bonds. The van der Waals surface area contributed by atoms with Crippen molar-refractivity contribution in [3.63, 3.8) is 0 Å². The van der Waals surface area contributed by atoms with E-state index in [1.807, 2.05) is 0 Å². The van der Waals surface area contributed by atoms with Crippen LogP contribution >= 0.6 is 0 Å². The molecule has 0 unspecified atom stereocenters. The van der Waals surface area contributed by atoms with Gasteiger partial charge in [0, 0.05) is 12.6 Å². The van der Waals surface area contributed by atoms with Gasteiger partial charge in [-0.25, -0.2) is 4.68 Å². The molecule has 17 heavy (non-hydrogen) atoms. The molecule has 7 heteroatoms. The first-order valence-corrected chi connectivity index (χ1v) is 4.72. The molecule has 4 nitrogen and oxygen atoms in total. The molecule has 0 aliphatic heterocycles. The third-order valence-corrected chi connectivity index (χ3v) is 2.36. The van der Waals surface area contributed by atoms with E-state index in [1.54, 1.807) is 7.05 Å². The molecule has 1 aromatic carbocycles. The number of aryl methyl sites for hydroxylation is 1. The van der Waals surface area contributed by atoms with Gasteiger partial charge >= 0.3 is 6.18 Å². The molecule has 0 radical (unpaired) electrons. The van der Waals surface area contributed by atoms with Crippen molar-refractivity contribution >= 4 is 5.82 Å². The number of hydrogen-bond donors (Lipinski definition) is 1. The average Bonchev–Trinajstić information content (AvgIpc) is 2.59. The van der Waals surface area contributed by atoms with Crippen LogP contribution in [0.5, 0.6) is 0 Å². The van der Waals surface area contributed by atoms with Crippen molar-refractivity contribution in [1.82, 2.24) is 15.0 Å². The third kappa shape index (κ3) is 2.08. The van der Waals surface area contributed by atoms with Crippen LogP contribution in [0.4, 0.5) is 19.0 Å². The fraction of sp³-hybridized carbons (Fsp3) is 0.200. The molecule has 0 saturated carbocycles. The Labute approximate surface area is 94.9 Å². The Morgan fingerprint density at radius 3 is 2.18 bits per heavy atom. The maximum Gasteiger partial charge on any atom is 0.416 e. The Morgan fingerprint density at radius 2 is 1.76 bits per heavy atom. The van der Waals surface area contributed by atoms with E-state index in [4.69, 9.17) is 5.73 Å². The van der Waals surface area contributed by atoms with Gasteiger partial charge in [-0.2, -0.15) is 13.2 Å². The van der Waals surface area contributed by atoms with Crippen molar-refractivity contribution in [2.24, 2.45) is 7.05 Å². The SMILES string of the molecule is Cn1nnc(-c2ccc(C(F)(F)F)cc2)c1N. The van der Waals surface area contributed by atoms with Gasteiger partial charge in [0.2, 0.25) is 0 Å². The van der Waals surface area contributed by atoms with Gasteiger partial charge in [-0.3, -0.25) is 0 Å². The number of nitrogens with two attached hydrogens (primary N) is 1. The summed E-state index contributed by atoms with van der Waals surface area (Å²) >= 11 is 0. The number of benzene rings is 1. The van der Waals surface area contributed by atoms with Gasteiger partial charge < -0.3 is 5.73 Å². The number of nitrogens with zero attached hydrogens (tertiary/aromatic N) is 3. The molecule has 0 aliphatic rings. The maximum atomic E-state index is 12.3. The Kier molecular flexibility index (Phi) is 2.53. The number of nitrogen functional groups attached to an aromatic ring is 1. The van der Waals surface area contributed by atoms with Crippen LogP contribution in [0.15, 0.2) is 24.3 Å². The number of alkyl halides is 3. The van der Waals surface area contributed by atoms with Crippen LogP contribution < -0.4 is 5.73 Å². The highest BCUT2D eigenvalue weighted by atomic mass is 19.4. The molecule has 0 aliphatic carbocycles. The lowest BCUT2D eigenvalue weighted by Crippen LogP contribution is -2.04. The average molecular weight is 242 g/mol. The number of hydrogen-bond acceptors (Lipinski definition) is 3. The number of aromatic nitrogens is 3. The van der Waals surface area contributed by atoms with E-state index in [-0.39, 0.29) is 0 Å². The Morgan fingerprint density at radius 1 is 1.18 bits per heavy atom. The van der Waals surface area contributed by atoms with E-state index in [2.05, 4.69) is 10.3 Å². The molecule has 1 heterocycles. The maximum absolute atomic E-state index is 12.3.